The van der Waals surface area contributed by atoms with Gasteiger partial charge in [-0.05, 0) is 55.3 Å². The maximum Gasteiger partial charge on any atom is 0.116 e. The van der Waals surface area contributed by atoms with E-state index in [9.17, 15) is 0 Å². The lowest BCUT2D eigenvalue weighted by atomic mass is 10.0. The van der Waals surface area contributed by atoms with Crippen molar-refractivity contribution in [3.8, 4) is 16.9 Å². The first-order valence-electron chi connectivity index (χ1n) is 6.73. The molecule has 0 aliphatic carbocycles. The molecule has 3 rings (SSSR count). The van der Waals surface area contributed by atoms with E-state index in [4.69, 9.17) is 5.73 Å². The van der Waals surface area contributed by atoms with E-state index < -0.39 is 0 Å². The zero-order valence-corrected chi connectivity index (χ0v) is 13.6. The molecule has 0 bridgehead atoms. The lowest BCUT2D eigenvalue weighted by Gasteiger charge is -2.04. The van der Waals surface area contributed by atoms with E-state index in [2.05, 4.69) is 53.1 Å². The van der Waals surface area contributed by atoms with Crippen molar-refractivity contribution in [1.82, 2.24) is 9.78 Å². The summed E-state index contributed by atoms with van der Waals surface area (Å²) in [6, 6.07) is 14.3. The van der Waals surface area contributed by atoms with Gasteiger partial charge in [0.15, 0.2) is 0 Å². The molecule has 106 valence electrons. The Morgan fingerprint density at radius 3 is 2.38 bits per heavy atom. The topological polar surface area (TPSA) is 43.8 Å². The molecule has 0 aliphatic rings. The van der Waals surface area contributed by atoms with Crippen LogP contribution in [0.3, 0.4) is 0 Å². The predicted molar refractivity (Wildman–Crippen MR) is 90.6 cm³/mol. The first kappa shape index (κ1) is 13.9. The second-order valence-corrected chi connectivity index (χ2v) is 6.07. The van der Waals surface area contributed by atoms with Crippen LogP contribution in [-0.2, 0) is 0 Å². The van der Waals surface area contributed by atoms with E-state index in [0.29, 0.717) is 5.69 Å². The van der Waals surface area contributed by atoms with E-state index in [-0.39, 0.29) is 0 Å². The molecule has 1 aromatic heterocycles. The fourth-order valence-electron chi connectivity index (χ4n) is 2.23. The van der Waals surface area contributed by atoms with Gasteiger partial charge in [0.2, 0.25) is 0 Å². The molecule has 0 saturated heterocycles. The Morgan fingerprint density at radius 2 is 1.71 bits per heavy atom. The molecule has 0 saturated carbocycles. The molecular weight excluding hydrogens is 326 g/mol. The highest BCUT2D eigenvalue weighted by atomic mass is 79.9. The highest BCUT2D eigenvalue weighted by Gasteiger charge is 2.10. The molecule has 0 radical (unpaired) electrons. The van der Waals surface area contributed by atoms with Gasteiger partial charge in [-0.1, -0.05) is 28.1 Å². The molecule has 3 aromatic rings. The van der Waals surface area contributed by atoms with Crippen LogP contribution in [0.25, 0.3) is 16.9 Å². The summed E-state index contributed by atoms with van der Waals surface area (Å²) in [5, 5.41) is 4.63. The van der Waals surface area contributed by atoms with Crippen molar-refractivity contribution < 1.29 is 0 Å². The SMILES string of the molecule is Cc1ccc(-c2nn(-c3ccc(Br)cc3)cc2N)cc1C. The lowest BCUT2D eigenvalue weighted by Crippen LogP contribution is -1.94. The van der Waals surface area contributed by atoms with Crippen LogP contribution in [0.1, 0.15) is 11.1 Å². The number of nitrogens with zero attached hydrogens (tertiary/aromatic N) is 2. The van der Waals surface area contributed by atoms with Gasteiger partial charge in [0.1, 0.15) is 5.69 Å². The van der Waals surface area contributed by atoms with Crippen molar-refractivity contribution in [1.29, 1.82) is 0 Å². The van der Waals surface area contributed by atoms with Crippen molar-refractivity contribution in [3.63, 3.8) is 0 Å². The van der Waals surface area contributed by atoms with Crippen LogP contribution in [0.5, 0.6) is 0 Å². The smallest absolute Gasteiger partial charge is 0.116 e. The number of aromatic nitrogens is 2. The van der Waals surface area contributed by atoms with E-state index in [1.54, 1.807) is 0 Å². The number of anilines is 1. The zero-order valence-electron chi connectivity index (χ0n) is 12.0. The van der Waals surface area contributed by atoms with Crippen molar-refractivity contribution in [2.45, 2.75) is 13.8 Å². The zero-order chi connectivity index (χ0) is 15.0. The molecule has 0 aliphatic heterocycles. The Kier molecular flexibility index (Phi) is 3.55. The average Bonchev–Trinajstić information content (AvgIpc) is 2.85. The number of benzene rings is 2. The fraction of sp³-hybridized carbons (Fsp3) is 0.118. The van der Waals surface area contributed by atoms with Crippen molar-refractivity contribution in [2.24, 2.45) is 0 Å². The van der Waals surface area contributed by atoms with E-state index in [1.807, 2.05) is 35.1 Å². The van der Waals surface area contributed by atoms with E-state index in [1.165, 1.54) is 11.1 Å². The summed E-state index contributed by atoms with van der Waals surface area (Å²) in [4.78, 5) is 0. The second-order valence-electron chi connectivity index (χ2n) is 5.15. The molecule has 21 heavy (non-hydrogen) atoms. The minimum Gasteiger partial charge on any atom is -0.396 e. The van der Waals surface area contributed by atoms with Gasteiger partial charge in [-0.25, -0.2) is 4.68 Å². The molecule has 2 aromatic carbocycles. The number of hydrogen-bond donors (Lipinski definition) is 1. The first-order chi connectivity index (χ1) is 10.0. The summed E-state index contributed by atoms with van der Waals surface area (Å²) in [7, 11) is 0. The molecular formula is C17H16BrN3. The normalized spacial score (nSPS) is 10.8. The number of aryl methyl sites for hydroxylation is 2. The third-order valence-corrected chi connectivity index (χ3v) is 4.14. The monoisotopic (exact) mass is 341 g/mol. The standard InChI is InChI=1S/C17H16BrN3/c1-11-3-4-13(9-12(11)2)17-16(19)10-21(20-17)15-7-5-14(18)6-8-15/h3-10H,19H2,1-2H3. The number of halogens is 1. The summed E-state index contributed by atoms with van der Waals surface area (Å²) in [6.45, 7) is 4.20. The minimum absolute atomic E-state index is 0.682. The highest BCUT2D eigenvalue weighted by molar-refractivity contribution is 9.10. The Balaban J connectivity index is 2.05. The Morgan fingerprint density at radius 1 is 1.00 bits per heavy atom. The summed E-state index contributed by atoms with van der Waals surface area (Å²) < 4.78 is 2.85. The van der Waals surface area contributed by atoms with Crippen molar-refractivity contribution in [3.05, 3.63) is 64.3 Å². The Labute approximate surface area is 132 Å². The highest BCUT2D eigenvalue weighted by Crippen LogP contribution is 2.27. The largest absolute Gasteiger partial charge is 0.396 e. The summed E-state index contributed by atoms with van der Waals surface area (Å²) in [6.07, 6.45) is 1.85. The molecule has 0 amide bonds. The number of hydrogen-bond acceptors (Lipinski definition) is 2. The fourth-order valence-corrected chi connectivity index (χ4v) is 2.49. The molecule has 0 fully saturated rings. The third kappa shape index (κ3) is 2.72. The Hall–Kier alpha value is -2.07. The molecule has 1 heterocycles. The van der Waals surface area contributed by atoms with Crippen LogP contribution >= 0.6 is 15.9 Å². The number of nitrogen functional groups attached to an aromatic ring is 1. The first-order valence-corrected chi connectivity index (χ1v) is 7.52. The van der Waals surface area contributed by atoms with E-state index in [0.717, 1.165) is 21.4 Å². The van der Waals surface area contributed by atoms with Gasteiger partial charge in [-0.3, -0.25) is 0 Å². The average molecular weight is 342 g/mol. The third-order valence-electron chi connectivity index (χ3n) is 3.61. The number of rotatable bonds is 2. The second kappa shape index (κ2) is 5.37. The van der Waals surface area contributed by atoms with Gasteiger partial charge in [0.05, 0.1) is 17.6 Å². The molecule has 3 nitrogen and oxygen atoms in total. The van der Waals surface area contributed by atoms with Crippen LogP contribution in [-0.4, -0.2) is 9.78 Å². The molecule has 0 unspecified atom stereocenters. The maximum atomic E-state index is 6.14. The van der Waals surface area contributed by atoms with Gasteiger partial charge >= 0.3 is 0 Å². The summed E-state index contributed by atoms with van der Waals surface area (Å²) >= 11 is 3.43. The van der Waals surface area contributed by atoms with Crippen molar-refractivity contribution in [2.75, 3.05) is 5.73 Å². The minimum atomic E-state index is 0.682. The van der Waals surface area contributed by atoms with Gasteiger partial charge in [0, 0.05) is 10.0 Å². The van der Waals surface area contributed by atoms with Crippen molar-refractivity contribution >= 4 is 21.6 Å². The quantitative estimate of drug-likeness (QED) is 0.745. The van der Waals surface area contributed by atoms with Crippen LogP contribution in [0, 0.1) is 13.8 Å². The Bertz CT molecular complexity index is 788. The lowest BCUT2D eigenvalue weighted by molar-refractivity contribution is 0.884. The molecule has 2 N–H and O–H groups in total. The van der Waals surface area contributed by atoms with Gasteiger partial charge < -0.3 is 5.73 Å². The van der Waals surface area contributed by atoms with Crippen LogP contribution in [0.2, 0.25) is 0 Å². The van der Waals surface area contributed by atoms with Gasteiger partial charge in [0.25, 0.3) is 0 Å². The maximum absolute atomic E-state index is 6.14. The number of nitrogens with two attached hydrogens (primary N) is 1. The van der Waals surface area contributed by atoms with Crippen LogP contribution < -0.4 is 5.73 Å². The van der Waals surface area contributed by atoms with Gasteiger partial charge in [-0.15, -0.1) is 0 Å². The van der Waals surface area contributed by atoms with Crippen LogP contribution in [0.15, 0.2) is 53.1 Å². The van der Waals surface area contributed by atoms with Gasteiger partial charge in [-0.2, -0.15) is 5.10 Å². The molecule has 0 atom stereocenters. The molecule has 0 spiro atoms. The summed E-state index contributed by atoms with van der Waals surface area (Å²) in [5.74, 6) is 0. The molecule has 4 heteroatoms. The summed E-state index contributed by atoms with van der Waals surface area (Å²) in [5.41, 5.74) is 12.2. The van der Waals surface area contributed by atoms with Crippen LogP contribution in [0.4, 0.5) is 5.69 Å². The van der Waals surface area contributed by atoms with E-state index >= 15 is 0 Å². The predicted octanol–water partition coefficient (Wildman–Crippen LogP) is 4.50.